The SMILES string of the molecule is CCOC(=O)Cc1csc(SCC(=O)NC(C)C2CC3CCC2C3)n1. The minimum absolute atomic E-state index is 0.0717. The van der Waals surface area contributed by atoms with Gasteiger partial charge in [-0.05, 0) is 50.9 Å². The molecule has 4 atom stereocenters. The fourth-order valence-electron chi connectivity index (χ4n) is 4.23. The van der Waals surface area contributed by atoms with Crippen LogP contribution in [0.5, 0.6) is 0 Å². The number of carbonyl (C=O) groups excluding carboxylic acids is 2. The number of nitrogens with zero attached hydrogens (tertiary/aromatic N) is 1. The van der Waals surface area contributed by atoms with Gasteiger partial charge in [0.2, 0.25) is 5.91 Å². The number of aromatic nitrogens is 1. The average Bonchev–Trinajstić information content (AvgIpc) is 3.29. The Hall–Kier alpha value is -1.08. The Labute approximate surface area is 157 Å². The van der Waals surface area contributed by atoms with E-state index in [0.717, 1.165) is 16.2 Å². The van der Waals surface area contributed by atoms with Gasteiger partial charge >= 0.3 is 5.97 Å². The first-order valence-electron chi connectivity index (χ1n) is 9.07. The monoisotopic (exact) mass is 382 g/mol. The van der Waals surface area contributed by atoms with E-state index < -0.39 is 0 Å². The van der Waals surface area contributed by atoms with Crippen LogP contribution in [0.25, 0.3) is 0 Å². The quantitative estimate of drug-likeness (QED) is 0.552. The zero-order valence-electron chi connectivity index (χ0n) is 14.8. The number of rotatable bonds is 8. The Kier molecular flexibility index (Phi) is 6.39. The van der Waals surface area contributed by atoms with Gasteiger partial charge in [-0.25, -0.2) is 4.98 Å². The van der Waals surface area contributed by atoms with Crippen molar-refractivity contribution in [1.29, 1.82) is 0 Å². The molecule has 2 fully saturated rings. The van der Waals surface area contributed by atoms with Crippen molar-refractivity contribution in [2.75, 3.05) is 12.4 Å². The van der Waals surface area contributed by atoms with Crippen molar-refractivity contribution in [3.8, 4) is 0 Å². The number of hydrogen-bond donors (Lipinski definition) is 1. The number of esters is 1. The van der Waals surface area contributed by atoms with E-state index in [0.29, 0.717) is 24.0 Å². The summed E-state index contributed by atoms with van der Waals surface area (Å²) in [5, 5.41) is 5.03. The normalized spacial score (nSPS) is 25.8. The number of carbonyl (C=O) groups is 2. The van der Waals surface area contributed by atoms with Crippen LogP contribution < -0.4 is 5.32 Å². The third-order valence-electron chi connectivity index (χ3n) is 5.31. The molecule has 2 aliphatic rings. The maximum absolute atomic E-state index is 12.2. The van der Waals surface area contributed by atoms with Gasteiger partial charge in [0.15, 0.2) is 4.34 Å². The predicted octanol–water partition coefficient (Wildman–Crippen LogP) is 3.28. The van der Waals surface area contributed by atoms with Gasteiger partial charge in [0.05, 0.1) is 24.5 Å². The molecule has 2 bridgehead atoms. The van der Waals surface area contributed by atoms with Gasteiger partial charge in [-0.15, -0.1) is 11.3 Å². The smallest absolute Gasteiger partial charge is 0.311 e. The first-order chi connectivity index (χ1) is 12.0. The molecule has 0 saturated heterocycles. The third kappa shape index (κ3) is 4.97. The molecule has 3 rings (SSSR count). The van der Waals surface area contributed by atoms with Crippen LogP contribution in [0.4, 0.5) is 0 Å². The van der Waals surface area contributed by atoms with Gasteiger partial charge < -0.3 is 10.1 Å². The summed E-state index contributed by atoms with van der Waals surface area (Å²) in [6.07, 6.45) is 5.56. The lowest BCUT2D eigenvalue weighted by atomic mass is 9.84. The van der Waals surface area contributed by atoms with Crippen LogP contribution in [0.1, 0.15) is 45.2 Å². The van der Waals surface area contributed by atoms with Gasteiger partial charge in [-0.3, -0.25) is 9.59 Å². The van der Waals surface area contributed by atoms with Gasteiger partial charge in [-0.1, -0.05) is 18.2 Å². The van der Waals surface area contributed by atoms with Crippen molar-refractivity contribution in [3.63, 3.8) is 0 Å². The Balaban J connectivity index is 1.40. The molecule has 25 heavy (non-hydrogen) atoms. The summed E-state index contributed by atoms with van der Waals surface area (Å²) < 4.78 is 5.74. The Morgan fingerprint density at radius 2 is 2.28 bits per heavy atom. The number of amides is 1. The van der Waals surface area contributed by atoms with E-state index in [9.17, 15) is 9.59 Å². The van der Waals surface area contributed by atoms with E-state index in [1.165, 1.54) is 48.8 Å². The van der Waals surface area contributed by atoms with Gasteiger partial charge in [0.25, 0.3) is 0 Å². The maximum Gasteiger partial charge on any atom is 0.311 e. The highest BCUT2D eigenvalue weighted by Crippen LogP contribution is 2.49. The van der Waals surface area contributed by atoms with E-state index in [2.05, 4.69) is 17.2 Å². The molecule has 0 aromatic carbocycles. The molecular weight excluding hydrogens is 356 g/mol. The second-order valence-electron chi connectivity index (χ2n) is 7.07. The van der Waals surface area contributed by atoms with Crippen molar-refractivity contribution in [3.05, 3.63) is 11.1 Å². The molecular formula is C18H26N2O3S2. The molecule has 1 aromatic rings. The Morgan fingerprint density at radius 3 is 2.96 bits per heavy atom. The van der Waals surface area contributed by atoms with Crippen molar-refractivity contribution in [2.45, 2.75) is 56.3 Å². The topological polar surface area (TPSA) is 68.3 Å². The van der Waals surface area contributed by atoms with Crippen molar-refractivity contribution < 1.29 is 14.3 Å². The summed E-state index contributed by atoms with van der Waals surface area (Å²) in [5.74, 6) is 2.56. The summed E-state index contributed by atoms with van der Waals surface area (Å²) >= 11 is 2.90. The second kappa shape index (κ2) is 8.54. The molecule has 1 aromatic heterocycles. The lowest BCUT2D eigenvalue weighted by molar-refractivity contribution is -0.142. The van der Waals surface area contributed by atoms with Crippen LogP contribution in [0, 0.1) is 17.8 Å². The van der Waals surface area contributed by atoms with E-state index in [1.54, 1.807) is 6.92 Å². The molecule has 0 spiro atoms. The first kappa shape index (κ1) is 18.7. The molecule has 4 unspecified atom stereocenters. The van der Waals surface area contributed by atoms with Crippen LogP contribution in [0.3, 0.4) is 0 Å². The number of thiazole rings is 1. The largest absolute Gasteiger partial charge is 0.466 e. The Morgan fingerprint density at radius 1 is 1.44 bits per heavy atom. The minimum Gasteiger partial charge on any atom is -0.466 e. The lowest BCUT2D eigenvalue weighted by Crippen LogP contribution is -2.40. The van der Waals surface area contributed by atoms with Crippen LogP contribution in [0.2, 0.25) is 0 Å². The first-order valence-corrected chi connectivity index (χ1v) is 10.9. The molecule has 1 amide bonds. The fraction of sp³-hybridized carbons (Fsp3) is 0.722. The molecule has 138 valence electrons. The van der Waals surface area contributed by atoms with E-state index >= 15 is 0 Å². The third-order valence-corrected chi connectivity index (χ3v) is 7.38. The highest BCUT2D eigenvalue weighted by atomic mass is 32.2. The van der Waals surface area contributed by atoms with Crippen LogP contribution in [0.15, 0.2) is 9.72 Å². The number of thioether (sulfide) groups is 1. The molecule has 0 radical (unpaired) electrons. The Bertz CT molecular complexity index is 619. The van der Waals surface area contributed by atoms with Gasteiger partial charge in [0, 0.05) is 11.4 Å². The molecule has 2 aliphatic carbocycles. The summed E-state index contributed by atoms with van der Waals surface area (Å²) in [4.78, 5) is 28.1. The lowest BCUT2D eigenvalue weighted by Gasteiger charge is -2.28. The number of fused-ring (bicyclic) bond motifs is 2. The summed E-state index contributed by atoms with van der Waals surface area (Å²) in [7, 11) is 0. The molecule has 1 N–H and O–H groups in total. The molecule has 2 saturated carbocycles. The van der Waals surface area contributed by atoms with Gasteiger partial charge in [0.1, 0.15) is 0 Å². The summed E-state index contributed by atoms with van der Waals surface area (Å²) in [6.45, 7) is 4.32. The van der Waals surface area contributed by atoms with Crippen LogP contribution in [-0.4, -0.2) is 35.3 Å². The van der Waals surface area contributed by atoms with E-state index in [1.807, 2.05) is 5.38 Å². The molecule has 7 heteroatoms. The predicted molar refractivity (Wildman–Crippen MR) is 99.7 cm³/mol. The van der Waals surface area contributed by atoms with Crippen molar-refractivity contribution in [2.24, 2.45) is 17.8 Å². The molecule has 5 nitrogen and oxygen atoms in total. The average molecular weight is 383 g/mol. The van der Waals surface area contributed by atoms with E-state index in [-0.39, 0.29) is 24.3 Å². The van der Waals surface area contributed by atoms with Gasteiger partial charge in [-0.2, -0.15) is 0 Å². The minimum atomic E-state index is -0.262. The highest BCUT2D eigenvalue weighted by Gasteiger charge is 2.42. The zero-order valence-corrected chi connectivity index (χ0v) is 16.5. The zero-order chi connectivity index (χ0) is 17.8. The van der Waals surface area contributed by atoms with Crippen molar-refractivity contribution >= 4 is 35.0 Å². The summed E-state index contributed by atoms with van der Waals surface area (Å²) in [6, 6.07) is 0.263. The fourth-order valence-corrected chi connectivity index (χ4v) is 5.89. The van der Waals surface area contributed by atoms with Crippen molar-refractivity contribution in [1.82, 2.24) is 10.3 Å². The van der Waals surface area contributed by atoms with Crippen LogP contribution >= 0.6 is 23.1 Å². The second-order valence-corrected chi connectivity index (χ2v) is 9.15. The standard InChI is InChI=1S/C18H26N2O3S2/c1-3-23-17(22)8-14-9-24-18(20-14)25-10-16(21)19-11(2)15-7-12-4-5-13(15)6-12/h9,11-13,15H,3-8,10H2,1-2H3,(H,19,21). The number of hydrogen-bond acceptors (Lipinski definition) is 6. The molecule has 0 aliphatic heterocycles. The van der Waals surface area contributed by atoms with E-state index in [4.69, 9.17) is 4.74 Å². The molecule has 1 heterocycles. The number of ether oxygens (including phenoxy) is 1. The number of nitrogens with one attached hydrogen (secondary N) is 1. The van der Waals surface area contributed by atoms with Crippen LogP contribution in [-0.2, 0) is 20.7 Å². The maximum atomic E-state index is 12.2. The summed E-state index contributed by atoms with van der Waals surface area (Å²) in [5.41, 5.74) is 0.710. The highest BCUT2D eigenvalue weighted by molar-refractivity contribution is 8.01.